The molecule has 0 aromatic heterocycles. The van der Waals surface area contributed by atoms with Gasteiger partial charge in [0.25, 0.3) is 0 Å². The Morgan fingerprint density at radius 2 is 1.82 bits per heavy atom. The Bertz CT molecular complexity index is 420. The third kappa shape index (κ3) is 4.80. The number of aliphatic carboxylic acids is 1. The quantitative estimate of drug-likeness (QED) is 0.628. The smallest absolute Gasteiger partial charge is 0.320 e. The van der Waals surface area contributed by atoms with E-state index in [1.807, 2.05) is 0 Å². The van der Waals surface area contributed by atoms with Crippen molar-refractivity contribution in [2.75, 3.05) is 0 Å². The molecular formula is C16H28N2O4. The lowest BCUT2D eigenvalue weighted by Gasteiger charge is -2.31. The number of amides is 1. The summed E-state index contributed by atoms with van der Waals surface area (Å²) in [6, 6.07) is -1.26. The second kappa shape index (κ2) is 8.27. The maximum Gasteiger partial charge on any atom is 0.320 e. The number of hydrogen-bond donors (Lipinski definition) is 3. The molecule has 126 valence electrons. The summed E-state index contributed by atoms with van der Waals surface area (Å²) in [5.74, 6) is -1.06. The van der Waals surface area contributed by atoms with Crippen molar-refractivity contribution in [1.82, 2.24) is 10.6 Å². The number of carbonyl (C=O) groups is 3. The Labute approximate surface area is 132 Å². The summed E-state index contributed by atoms with van der Waals surface area (Å²) >= 11 is 0. The standard InChI is InChI=1S/C16H28N2O4/c1-5-11(6-2)7-13(17-10(4)20)15-12(9(3)19)8-14(18-15)16(21)22/h11-15,18H,5-8H2,1-4H3,(H,17,20)(H,21,22)/t12-,13-,14+,15+/m0/s1. The van der Waals surface area contributed by atoms with Crippen molar-refractivity contribution in [2.24, 2.45) is 11.8 Å². The van der Waals surface area contributed by atoms with Crippen molar-refractivity contribution in [3.8, 4) is 0 Å². The summed E-state index contributed by atoms with van der Waals surface area (Å²) in [4.78, 5) is 34.6. The van der Waals surface area contributed by atoms with Crippen LogP contribution in [0.3, 0.4) is 0 Å². The molecule has 1 saturated heterocycles. The van der Waals surface area contributed by atoms with E-state index in [0.717, 1.165) is 19.3 Å². The SMILES string of the molecule is CCC(CC)C[C@H](NC(C)=O)[C@@H]1N[C@@H](C(=O)O)C[C@H]1C(C)=O. The number of nitrogens with one attached hydrogen (secondary N) is 2. The van der Waals surface area contributed by atoms with Crippen LogP contribution in [0, 0.1) is 11.8 Å². The van der Waals surface area contributed by atoms with Crippen LogP contribution in [-0.4, -0.2) is 40.9 Å². The molecule has 1 rings (SSSR count). The largest absolute Gasteiger partial charge is 0.480 e. The number of hydrogen-bond acceptors (Lipinski definition) is 4. The highest BCUT2D eigenvalue weighted by Crippen LogP contribution is 2.28. The molecule has 0 spiro atoms. The minimum absolute atomic E-state index is 0.0267. The van der Waals surface area contributed by atoms with Crippen LogP contribution in [0.15, 0.2) is 0 Å². The maximum atomic E-state index is 11.9. The average Bonchev–Trinajstić information content (AvgIpc) is 2.88. The van der Waals surface area contributed by atoms with E-state index in [1.165, 1.54) is 13.8 Å². The van der Waals surface area contributed by atoms with E-state index in [4.69, 9.17) is 0 Å². The van der Waals surface area contributed by atoms with Gasteiger partial charge < -0.3 is 10.4 Å². The van der Waals surface area contributed by atoms with Gasteiger partial charge in [0.1, 0.15) is 11.8 Å². The van der Waals surface area contributed by atoms with Gasteiger partial charge in [-0.3, -0.25) is 19.7 Å². The Kier molecular flexibility index (Phi) is 7.00. The molecule has 4 atom stereocenters. The summed E-state index contributed by atoms with van der Waals surface area (Å²) in [5.41, 5.74) is 0. The highest BCUT2D eigenvalue weighted by atomic mass is 16.4. The molecule has 1 amide bonds. The molecule has 0 unspecified atom stereocenters. The highest BCUT2D eigenvalue weighted by molar-refractivity contribution is 5.83. The zero-order valence-electron chi connectivity index (χ0n) is 13.9. The molecule has 6 nitrogen and oxygen atoms in total. The molecule has 1 aliphatic heterocycles. The van der Waals surface area contributed by atoms with Crippen LogP contribution in [0.1, 0.15) is 53.4 Å². The number of ketones is 1. The minimum atomic E-state index is -0.946. The summed E-state index contributed by atoms with van der Waals surface area (Å²) < 4.78 is 0. The first-order valence-corrected chi connectivity index (χ1v) is 8.06. The summed E-state index contributed by atoms with van der Waals surface area (Å²) in [5, 5.41) is 15.2. The molecule has 0 aromatic rings. The number of carboxylic acids is 1. The van der Waals surface area contributed by atoms with Gasteiger partial charge in [-0.05, 0) is 25.7 Å². The van der Waals surface area contributed by atoms with E-state index in [0.29, 0.717) is 5.92 Å². The maximum absolute atomic E-state index is 11.9. The molecule has 6 heteroatoms. The summed E-state index contributed by atoms with van der Waals surface area (Å²) in [7, 11) is 0. The van der Waals surface area contributed by atoms with Crippen molar-refractivity contribution < 1.29 is 19.5 Å². The molecule has 1 heterocycles. The van der Waals surface area contributed by atoms with Crippen molar-refractivity contribution in [3.05, 3.63) is 0 Å². The fraction of sp³-hybridized carbons (Fsp3) is 0.812. The second-order valence-electron chi connectivity index (χ2n) is 6.26. The molecule has 1 fully saturated rings. The number of carboxylic acid groups (broad SMARTS) is 1. The monoisotopic (exact) mass is 312 g/mol. The first-order valence-electron chi connectivity index (χ1n) is 8.06. The summed E-state index contributed by atoms with van der Waals surface area (Å²) in [6.07, 6.45) is 3.02. The van der Waals surface area contributed by atoms with Crippen LogP contribution < -0.4 is 10.6 Å². The Morgan fingerprint density at radius 3 is 2.23 bits per heavy atom. The van der Waals surface area contributed by atoms with Crippen molar-refractivity contribution in [2.45, 2.75) is 71.5 Å². The number of carbonyl (C=O) groups excluding carboxylic acids is 2. The fourth-order valence-corrected chi connectivity index (χ4v) is 3.34. The topological polar surface area (TPSA) is 95.5 Å². The van der Waals surface area contributed by atoms with Gasteiger partial charge in [-0.15, -0.1) is 0 Å². The van der Waals surface area contributed by atoms with E-state index in [9.17, 15) is 19.5 Å². The van der Waals surface area contributed by atoms with E-state index in [-0.39, 0.29) is 36.1 Å². The lowest BCUT2D eigenvalue weighted by Crippen LogP contribution is -2.53. The van der Waals surface area contributed by atoms with Crippen molar-refractivity contribution >= 4 is 17.7 Å². The van der Waals surface area contributed by atoms with Gasteiger partial charge in [-0.25, -0.2) is 0 Å². The van der Waals surface area contributed by atoms with E-state index < -0.39 is 12.0 Å². The van der Waals surface area contributed by atoms with Gasteiger partial charge >= 0.3 is 5.97 Å². The molecule has 22 heavy (non-hydrogen) atoms. The van der Waals surface area contributed by atoms with Gasteiger partial charge in [0.2, 0.25) is 5.91 Å². The molecule has 1 aliphatic rings. The minimum Gasteiger partial charge on any atom is -0.480 e. The zero-order valence-corrected chi connectivity index (χ0v) is 13.9. The van der Waals surface area contributed by atoms with Crippen LogP contribution in [0.5, 0.6) is 0 Å². The van der Waals surface area contributed by atoms with E-state index in [2.05, 4.69) is 24.5 Å². The van der Waals surface area contributed by atoms with Gasteiger partial charge in [0.15, 0.2) is 0 Å². The normalized spacial score (nSPS) is 26.0. The molecule has 3 N–H and O–H groups in total. The molecular weight excluding hydrogens is 284 g/mol. The predicted octanol–water partition coefficient (Wildman–Crippen LogP) is 1.34. The zero-order chi connectivity index (χ0) is 16.9. The van der Waals surface area contributed by atoms with Crippen LogP contribution in [0.2, 0.25) is 0 Å². The van der Waals surface area contributed by atoms with Crippen LogP contribution >= 0.6 is 0 Å². The van der Waals surface area contributed by atoms with Crippen LogP contribution in [0.4, 0.5) is 0 Å². The molecule has 0 aromatic carbocycles. The third-order valence-corrected chi connectivity index (χ3v) is 4.70. The lowest BCUT2D eigenvalue weighted by atomic mass is 9.84. The summed E-state index contributed by atoms with van der Waals surface area (Å²) in [6.45, 7) is 7.14. The highest BCUT2D eigenvalue weighted by Gasteiger charge is 2.43. The first kappa shape index (κ1) is 18.6. The first-order chi connectivity index (χ1) is 10.3. The van der Waals surface area contributed by atoms with Gasteiger partial charge in [0, 0.05) is 24.9 Å². The Morgan fingerprint density at radius 1 is 1.23 bits per heavy atom. The van der Waals surface area contributed by atoms with Gasteiger partial charge in [-0.1, -0.05) is 26.7 Å². The van der Waals surface area contributed by atoms with Crippen LogP contribution in [0.25, 0.3) is 0 Å². The second-order valence-corrected chi connectivity index (χ2v) is 6.26. The Balaban J connectivity index is 2.96. The average molecular weight is 312 g/mol. The Hall–Kier alpha value is -1.43. The molecule has 0 bridgehead atoms. The molecule has 0 saturated carbocycles. The van der Waals surface area contributed by atoms with Gasteiger partial charge in [0.05, 0.1) is 0 Å². The number of rotatable bonds is 8. The van der Waals surface area contributed by atoms with Gasteiger partial charge in [-0.2, -0.15) is 0 Å². The third-order valence-electron chi connectivity index (χ3n) is 4.70. The fourth-order valence-electron chi connectivity index (χ4n) is 3.34. The lowest BCUT2D eigenvalue weighted by molar-refractivity contribution is -0.139. The predicted molar refractivity (Wildman–Crippen MR) is 83.4 cm³/mol. The molecule has 0 radical (unpaired) electrons. The van der Waals surface area contributed by atoms with Crippen molar-refractivity contribution in [1.29, 1.82) is 0 Å². The molecule has 0 aliphatic carbocycles. The van der Waals surface area contributed by atoms with E-state index >= 15 is 0 Å². The van der Waals surface area contributed by atoms with E-state index in [1.54, 1.807) is 0 Å². The van der Waals surface area contributed by atoms with Crippen LogP contribution in [-0.2, 0) is 14.4 Å². The van der Waals surface area contributed by atoms with Crippen molar-refractivity contribution in [3.63, 3.8) is 0 Å². The number of Topliss-reactive ketones (excluding diaryl/α,β-unsaturated/α-hetero) is 1.